The lowest BCUT2D eigenvalue weighted by Gasteiger charge is -2.24. The Morgan fingerprint density at radius 1 is 1.19 bits per heavy atom. The first-order valence-corrected chi connectivity index (χ1v) is 8.75. The molecule has 0 aliphatic carbocycles. The number of para-hydroxylation sites is 1. The molecule has 5 nitrogen and oxygen atoms in total. The van der Waals surface area contributed by atoms with Gasteiger partial charge in [-0.15, -0.1) is 0 Å². The first-order valence-electron chi connectivity index (χ1n) is 8.75. The van der Waals surface area contributed by atoms with Crippen molar-refractivity contribution < 1.29 is 19.4 Å². The number of carbonyl (C=O) groups is 1. The van der Waals surface area contributed by atoms with E-state index in [-0.39, 0.29) is 19.2 Å². The largest absolute Gasteiger partial charge is 0.496 e. The van der Waals surface area contributed by atoms with Crippen LogP contribution in [0.1, 0.15) is 32.4 Å². The van der Waals surface area contributed by atoms with Crippen molar-refractivity contribution in [1.29, 1.82) is 0 Å². The van der Waals surface area contributed by atoms with Crippen LogP contribution in [0.15, 0.2) is 48.5 Å². The third kappa shape index (κ3) is 4.84. The lowest BCUT2D eigenvalue weighted by Crippen LogP contribution is -2.46. The monoisotopic (exact) mass is 357 g/mol. The van der Waals surface area contributed by atoms with E-state index in [1.807, 2.05) is 55.5 Å². The second-order valence-electron chi connectivity index (χ2n) is 6.42. The Hall–Kier alpha value is -2.37. The summed E-state index contributed by atoms with van der Waals surface area (Å²) in [5.41, 5.74) is 1.61. The number of esters is 1. The van der Waals surface area contributed by atoms with Crippen molar-refractivity contribution in [3.63, 3.8) is 0 Å². The van der Waals surface area contributed by atoms with Crippen LogP contribution in [0, 0.1) is 0 Å². The van der Waals surface area contributed by atoms with Crippen LogP contribution in [0.3, 0.4) is 0 Å². The molecule has 5 heteroatoms. The minimum atomic E-state index is -1.55. The topological polar surface area (TPSA) is 67.8 Å². The molecule has 26 heavy (non-hydrogen) atoms. The van der Waals surface area contributed by atoms with Gasteiger partial charge in [0.15, 0.2) is 5.60 Å². The molecule has 0 saturated heterocycles. The Bertz CT molecular complexity index is 725. The molecule has 0 aliphatic rings. The summed E-state index contributed by atoms with van der Waals surface area (Å²) in [6.45, 7) is 5.51. The van der Waals surface area contributed by atoms with Crippen LogP contribution in [0.25, 0.3) is 11.1 Å². The van der Waals surface area contributed by atoms with Gasteiger partial charge in [-0.2, -0.15) is 0 Å². The number of benzene rings is 2. The highest BCUT2D eigenvalue weighted by molar-refractivity contribution is 5.79. The van der Waals surface area contributed by atoms with Crippen LogP contribution >= 0.6 is 0 Å². The normalized spacial score (nSPS) is 14.3. The van der Waals surface area contributed by atoms with Crippen LogP contribution in [-0.4, -0.2) is 36.9 Å². The smallest absolute Gasteiger partial charge is 0.339 e. The van der Waals surface area contributed by atoms with E-state index in [0.717, 1.165) is 22.4 Å². The van der Waals surface area contributed by atoms with E-state index < -0.39 is 11.6 Å². The van der Waals surface area contributed by atoms with Gasteiger partial charge in [0.25, 0.3) is 0 Å². The molecule has 0 fully saturated rings. The van der Waals surface area contributed by atoms with Crippen molar-refractivity contribution in [3.8, 4) is 16.9 Å². The summed E-state index contributed by atoms with van der Waals surface area (Å²) < 4.78 is 10.3. The highest BCUT2D eigenvalue weighted by atomic mass is 16.5. The third-order valence-electron chi connectivity index (χ3n) is 4.30. The molecule has 2 N–H and O–H groups in total. The first kappa shape index (κ1) is 19.9. The molecule has 0 spiro atoms. The number of ether oxygens (including phenoxy) is 2. The minimum Gasteiger partial charge on any atom is -0.496 e. The van der Waals surface area contributed by atoms with E-state index in [1.165, 1.54) is 6.92 Å². The van der Waals surface area contributed by atoms with Gasteiger partial charge < -0.3 is 19.9 Å². The summed E-state index contributed by atoms with van der Waals surface area (Å²) in [4.78, 5) is 11.8. The molecule has 0 bridgehead atoms. The molecule has 2 atom stereocenters. The number of rotatable bonds is 8. The van der Waals surface area contributed by atoms with Crippen LogP contribution < -0.4 is 10.1 Å². The minimum absolute atomic E-state index is 0.0254. The van der Waals surface area contributed by atoms with Gasteiger partial charge in [-0.1, -0.05) is 42.5 Å². The highest BCUT2D eigenvalue weighted by Gasteiger charge is 2.32. The van der Waals surface area contributed by atoms with Gasteiger partial charge in [-0.05, 0) is 38.0 Å². The van der Waals surface area contributed by atoms with Gasteiger partial charge in [-0.3, -0.25) is 0 Å². The fourth-order valence-corrected chi connectivity index (χ4v) is 2.66. The maximum absolute atomic E-state index is 11.8. The SMILES string of the molecule is CCOC(=O)C(C)(O)CNC(C)c1ccc(-c2ccccc2OC)cc1. The molecule has 2 aromatic carbocycles. The van der Waals surface area contributed by atoms with E-state index in [2.05, 4.69) is 5.32 Å². The molecular weight excluding hydrogens is 330 g/mol. The molecule has 0 amide bonds. The molecule has 2 rings (SSSR count). The van der Waals surface area contributed by atoms with E-state index in [4.69, 9.17) is 9.47 Å². The predicted octanol–water partition coefficient (Wildman–Crippen LogP) is 3.33. The van der Waals surface area contributed by atoms with Gasteiger partial charge in [-0.25, -0.2) is 4.79 Å². The quantitative estimate of drug-likeness (QED) is 0.710. The molecular formula is C21H27NO4. The van der Waals surface area contributed by atoms with Gasteiger partial charge in [0.2, 0.25) is 0 Å². The molecule has 0 saturated carbocycles. The Morgan fingerprint density at radius 2 is 1.85 bits per heavy atom. The summed E-state index contributed by atoms with van der Waals surface area (Å²) in [5.74, 6) is 0.211. The van der Waals surface area contributed by atoms with Crippen molar-refractivity contribution in [2.24, 2.45) is 0 Å². The number of hydrogen-bond donors (Lipinski definition) is 2. The van der Waals surface area contributed by atoms with Crippen molar-refractivity contribution in [1.82, 2.24) is 5.32 Å². The molecule has 0 aromatic heterocycles. The lowest BCUT2D eigenvalue weighted by atomic mass is 10.00. The molecule has 2 unspecified atom stereocenters. The number of methoxy groups -OCH3 is 1. The fraction of sp³-hybridized carbons (Fsp3) is 0.381. The van der Waals surface area contributed by atoms with Crippen LogP contribution in [0.4, 0.5) is 0 Å². The summed E-state index contributed by atoms with van der Waals surface area (Å²) in [6.07, 6.45) is 0. The van der Waals surface area contributed by atoms with Crippen molar-refractivity contribution in [2.45, 2.75) is 32.4 Å². The third-order valence-corrected chi connectivity index (χ3v) is 4.30. The van der Waals surface area contributed by atoms with E-state index in [1.54, 1.807) is 14.0 Å². The molecule has 2 aromatic rings. The Kier molecular flexibility index (Phi) is 6.77. The number of carbonyl (C=O) groups excluding carboxylic acids is 1. The van der Waals surface area contributed by atoms with Gasteiger partial charge in [0.1, 0.15) is 5.75 Å². The molecule has 0 heterocycles. The average Bonchev–Trinajstić information content (AvgIpc) is 2.66. The average molecular weight is 357 g/mol. The zero-order chi connectivity index (χ0) is 19.2. The Morgan fingerprint density at radius 3 is 2.46 bits per heavy atom. The standard InChI is InChI=1S/C21H27NO4/c1-5-26-20(23)21(3,24)14-22-15(2)16-10-12-17(13-11-16)18-8-6-7-9-19(18)25-4/h6-13,15,22,24H,5,14H2,1-4H3. The van der Waals surface area contributed by atoms with Crippen molar-refractivity contribution in [2.75, 3.05) is 20.3 Å². The van der Waals surface area contributed by atoms with E-state index in [0.29, 0.717) is 0 Å². The predicted molar refractivity (Wildman–Crippen MR) is 102 cm³/mol. The second-order valence-corrected chi connectivity index (χ2v) is 6.42. The zero-order valence-electron chi connectivity index (χ0n) is 15.8. The van der Waals surface area contributed by atoms with Crippen LogP contribution in [-0.2, 0) is 9.53 Å². The summed E-state index contributed by atoms with van der Waals surface area (Å²) in [7, 11) is 1.66. The van der Waals surface area contributed by atoms with E-state index in [9.17, 15) is 9.90 Å². The summed E-state index contributed by atoms with van der Waals surface area (Å²) >= 11 is 0. The van der Waals surface area contributed by atoms with Crippen LogP contribution in [0.2, 0.25) is 0 Å². The summed E-state index contributed by atoms with van der Waals surface area (Å²) in [6, 6.07) is 16.0. The van der Waals surface area contributed by atoms with Gasteiger partial charge in [0, 0.05) is 18.2 Å². The lowest BCUT2D eigenvalue weighted by molar-refractivity contribution is -0.162. The van der Waals surface area contributed by atoms with Gasteiger partial charge >= 0.3 is 5.97 Å². The Balaban J connectivity index is 2.05. The molecule has 140 valence electrons. The fourth-order valence-electron chi connectivity index (χ4n) is 2.66. The number of aliphatic hydroxyl groups is 1. The number of nitrogens with one attached hydrogen (secondary N) is 1. The highest BCUT2D eigenvalue weighted by Crippen LogP contribution is 2.30. The zero-order valence-corrected chi connectivity index (χ0v) is 15.8. The molecule has 0 radical (unpaired) electrons. The van der Waals surface area contributed by atoms with E-state index >= 15 is 0 Å². The Labute approximate surface area is 155 Å². The van der Waals surface area contributed by atoms with Gasteiger partial charge in [0.05, 0.1) is 13.7 Å². The maximum Gasteiger partial charge on any atom is 0.339 e. The summed E-state index contributed by atoms with van der Waals surface area (Å²) in [5, 5.41) is 13.4. The maximum atomic E-state index is 11.8. The molecule has 0 aliphatic heterocycles. The first-order chi connectivity index (χ1) is 12.4. The van der Waals surface area contributed by atoms with Crippen molar-refractivity contribution >= 4 is 5.97 Å². The van der Waals surface area contributed by atoms with Crippen LogP contribution in [0.5, 0.6) is 5.75 Å². The number of hydrogen-bond acceptors (Lipinski definition) is 5. The van der Waals surface area contributed by atoms with Crippen molar-refractivity contribution in [3.05, 3.63) is 54.1 Å². The second kappa shape index (κ2) is 8.83.